The number of nitrogens with zero attached hydrogens (tertiary/aromatic N) is 7. The van der Waals surface area contributed by atoms with Gasteiger partial charge in [0.15, 0.2) is 5.96 Å². The quantitative estimate of drug-likeness (QED) is 0.256. The molecule has 1 N–H and O–H groups in total. The minimum absolute atomic E-state index is 0. The van der Waals surface area contributed by atoms with E-state index in [9.17, 15) is 0 Å². The molecule has 9 nitrogen and oxygen atoms in total. The van der Waals surface area contributed by atoms with E-state index in [1.165, 1.54) is 5.56 Å². The van der Waals surface area contributed by atoms with Gasteiger partial charge in [-0.2, -0.15) is 0 Å². The SMILES string of the molecule is CCc1nncn1CCNC(=NCc1ccccc1)N1CCN(Cc2cc(C)on2)CC1.I. The maximum atomic E-state index is 5.20. The van der Waals surface area contributed by atoms with E-state index in [1.54, 1.807) is 6.33 Å². The van der Waals surface area contributed by atoms with Crippen LogP contribution < -0.4 is 5.32 Å². The molecule has 3 heterocycles. The second-order valence-corrected chi connectivity index (χ2v) is 8.04. The molecule has 0 bridgehead atoms. The summed E-state index contributed by atoms with van der Waals surface area (Å²) in [5.74, 6) is 2.82. The Balaban J connectivity index is 0.00000306. The first-order valence-corrected chi connectivity index (χ1v) is 11.3. The molecule has 0 atom stereocenters. The molecule has 3 aromatic rings. The van der Waals surface area contributed by atoms with Crippen molar-refractivity contribution in [1.82, 2.24) is 35.0 Å². The minimum Gasteiger partial charge on any atom is -0.361 e. The van der Waals surface area contributed by atoms with Crippen molar-refractivity contribution < 1.29 is 4.52 Å². The summed E-state index contributed by atoms with van der Waals surface area (Å²) in [6.07, 6.45) is 2.67. The molecule has 1 saturated heterocycles. The summed E-state index contributed by atoms with van der Waals surface area (Å²) in [5.41, 5.74) is 2.20. The van der Waals surface area contributed by atoms with Crippen molar-refractivity contribution in [1.29, 1.82) is 0 Å². The number of hydrogen-bond acceptors (Lipinski definition) is 6. The van der Waals surface area contributed by atoms with Crippen LogP contribution in [0.3, 0.4) is 0 Å². The van der Waals surface area contributed by atoms with E-state index >= 15 is 0 Å². The topological polar surface area (TPSA) is 87.6 Å². The number of rotatable bonds is 8. The first kappa shape index (κ1) is 25.2. The molecule has 0 amide bonds. The zero-order valence-electron chi connectivity index (χ0n) is 19.4. The Kier molecular flexibility index (Phi) is 9.67. The van der Waals surface area contributed by atoms with Crippen LogP contribution in [0.2, 0.25) is 0 Å². The van der Waals surface area contributed by atoms with Crippen LogP contribution in [-0.4, -0.2) is 68.4 Å². The highest BCUT2D eigenvalue weighted by Gasteiger charge is 2.20. The summed E-state index contributed by atoms with van der Waals surface area (Å²) in [5, 5.41) is 15.9. The molecule has 178 valence electrons. The number of hydrogen-bond donors (Lipinski definition) is 1. The molecule has 1 fully saturated rings. The molecule has 0 radical (unpaired) electrons. The Morgan fingerprint density at radius 3 is 2.64 bits per heavy atom. The van der Waals surface area contributed by atoms with Crippen molar-refractivity contribution in [3.8, 4) is 0 Å². The van der Waals surface area contributed by atoms with Gasteiger partial charge in [0.1, 0.15) is 17.9 Å². The highest BCUT2D eigenvalue weighted by molar-refractivity contribution is 14.0. The van der Waals surface area contributed by atoms with Gasteiger partial charge in [0.25, 0.3) is 0 Å². The summed E-state index contributed by atoms with van der Waals surface area (Å²) in [6, 6.07) is 12.4. The zero-order valence-corrected chi connectivity index (χ0v) is 21.7. The summed E-state index contributed by atoms with van der Waals surface area (Å²) in [7, 11) is 0. The zero-order chi connectivity index (χ0) is 22.2. The van der Waals surface area contributed by atoms with Crippen LogP contribution in [0, 0.1) is 6.92 Å². The molecule has 33 heavy (non-hydrogen) atoms. The maximum Gasteiger partial charge on any atom is 0.194 e. The normalized spacial score (nSPS) is 14.8. The number of aryl methyl sites for hydroxylation is 2. The third kappa shape index (κ3) is 7.26. The van der Waals surface area contributed by atoms with Gasteiger partial charge < -0.3 is 19.3 Å². The molecule has 0 saturated carbocycles. The lowest BCUT2D eigenvalue weighted by molar-refractivity contribution is 0.168. The number of piperazine rings is 1. The molecular formula is C23H33IN8O. The van der Waals surface area contributed by atoms with Crippen LogP contribution in [0.15, 0.2) is 52.2 Å². The number of nitrogens with one attached hydrogen (secondary N) is 1. The highest BCUT2D eigenvalue weighted by Crippen LogP contribution is 2.10. The smallest absolute Gasteiger partial charge is 0.194 e. The van der Waals surface area contributed by atoms with Crippen LogP contribution in [0.4, 0.5) is 0 Å². The highest BCUT2D eigenvalue weighted by atomic mass is 127. The molecule has 0 spiro atoms. The standard InChI is InChI=1S/C23H32N8O.HI/c1-3-22-27-26-18-31(22)10-9-24-23(25-16-20-7-5-4-6-8-20)30-13-11-29(12-14-30)17-21-15-19(2)32-28-21;/h4-8,15,18H,3,9-14,16-17H2,1-2H3,(H,24,25);1H. The number of benzene rings is 1. The van der Waals surface area contributed by atoms with Gasteiger partial charge in [-0.3, -0.25) is 4.90 Å². The van der Waals surface area contributed by atoms with Gasteiger partial charge in [-0.15, -0.1) is 34.2 Å². The fourth-order valence-electron chi connectivity index (χ4n) is 3.88. The molecule has 2 aromatic heterocycles. The van der Waals surface area contributed by atoms with Crippen molar-refractivity contribution >= 4 is 29.9 Å². The van der Waals surface area contributed by atoms with E-state index in [0.29, 0.717) is 6.54 Å². The van der Waals surface area contributed by atoms with E-state index in [4.69, 9.17) is 9.52 Å². The van der Waals surface area contributed by atoms with Gasteiger partial charge in [0.05, 0.1) is 12.2 Å². The second-order valence-electron chi connectivity index (χ2n) is 8.04. The largest absolute Gasteiger partial charge is 0.361 e. The molecule has 1 aliphatic rings. The predicted molar refractivity (Wildman–Crippen MR) is 138 cm³/mol. The number of guanidine groups is 1. The Hall–Kier alpha value is -2.47. The van der Waals surface area contributed by atoms with Crippen LogP contribution in [-0.2, 0) is 26.1 Å². The van der Waals surface area contributed by atoms with E-state index in [-0.39, 0.29) is 24.0 Å². The van der Waals surface area contributed by atoms with Gasteiger partial charge >= 0.3 is 0 Å². The van der Waals surface area contributed by atoms with Gasteiger partial charge in [0.2, 0.25) is 0 Å². The summed E-state index contributed by atoms with van der Waals surface area (Å²) < 4.78 is 7.30. The van der Waals surface area contributed by atoms with Crippen molar-refractivity contribution in [2.45, 2.75) is 39.9 Å². The maximum absolute atomic E-state index is 5.20. The van der Waals surface area contributed by atoms with Gasteiger partial charge in [0, 0.05) is 58.3 Å². The summed E-state index contributed by atoms with van der Waals surface area (Å²) in [4.78, 5) is 9.69. The lowest BCUT2D eigenvalue weighted by atomic mass is 10.2. The van der Waals surface area contributed by atoms with Gasteiger partial charge in [-0.1, -0.05) is 42.4 Å². The Morgan fingerprint density at radius 2 is 1.94 bits per heavy atom. The first-order valence-electron chi connectivity index (χ1n) is 11.3. The van der Waals surface area contributed by atoms with Gasteiger partial charge in [-0.05, 0) is 12.5 Å². The fourth-order valence-corrected chi connectivity index (χ4v) is 3.88. The number of aliphatic imine (C=N–C) groups is 1. The second kappa shape index (κ2) is 12.7. The first-order chi connectivity index (χ1) is 15.7. The van der Waals surface area contributed by atoms with Crippen molar-refractivity contribution in [2.75, 3.05) is 32.7 Å². The predicted octanol–water partition coefficient (Wildman–Crippen LogP) is 2.72. The van der Waals surface area contributed by atoms with Crippen molar-refractivity contribution in [3.05, 3.63) is 65.6 Å². The lowest BCUT2D eigenvalue weighted by Gasteiger charge is -2.36. The monoisotopic (exact) mass is 564 g/mol. The molecule has 1 aromatic carbocycles. The van der Waals surface area contributed by atoms with E-state index in [1.807, 2.05) is 19.1 Å². The van der Waals surface area contributed by atoms with Crippen molar-refractivity contribution in [3.63, 3.8) is 0 Å². The molecule has 0 aliphatic carbocycles. The Bertz CT molecular complexity index is 995. The minimum atomic E-state index is 0. The van der Waals surface area contributed by atoms with Crippen LogP contribution in [0.1, 0.15) is 29.8 Å². The van der Waals surface area contributed by atoms with Crippen LogP contribution in [0.25, 0.3) is 0 Å². The number of aromatic nitrogens is 4. The summed E-state index contributed by atoms with van der Waals surface area (Å²) in [6.45, 7) is 10.9. The molecule has 1 aliphatic heterocycles. The van der Waals surface area contributed by atoms with Gasteiger partial charge in [-0.25, -0.2) is 4.99 Å². The Labute approximate surface area is 212 Å². The Morgan fingerprint density at radius 1 is 1.15 bits per heavy atom. The molecule has 4 rings (SSSR count). The molecule has 10 heteroatoms. The van der Waals surface area contributed by atoms with Crippen LogP contribution in [0.5, 0.6) is 0 Å². The molecule has 0 unspecified atom stereocenters. The molecular weight excluding hydrogens is 531 g/mol. The summed E-state index contributed by atoms with van der Waals surface area (Å²) >= 11 is 0. The fraction of sp³-hybridized carbons (Fsp3) is 0.478. The lowest BCUT2D eigenvalue weighted by Crippen LogP contribution is -2.52. The van der Waals surface area contributed by atoms with E-state index < -0.39 is 0 Å². The van der Waals surface area contributed by atoms with E-state index in [2.05, 4.69) is 66.2 Å². The van der Waals surface area contributed by atoms with Crippen LogP contribution >= 0.6 is 24.0 Å². The van der Waals surface area contributed by atoms with E-state index in [0.717, 1.165) is 75.5 Å². The third-order valence-electron chi connectivity index (χ3n) is 5.64. The van der Waals surface area contributed by atoms with Crippen molar-refractivity contribution in [2.24, 2.45) is 4.99 Å². The number of halogens is 1. The average Bonchev–Trinajstić information content (AvgIpc) is 3.45. The average molecular weight is 564 g/mol. The third-order valence-corrected chi connectivity index (χ3v) is 5.64.